The Labute approximate surface area is 147 Å². The summed E-state index contributed by atoms with van der Waals surface area (Å²) in [6.45, 7) is 0.990. The molecule has 0 saturated heterocycles. The van der Waals surface area contributed by atoms with Crippen LogP contribution in [0.5, 0.6) is 0 Å². The largest absolute Gasteiger partial charge is 0.333 e. The van der Waals surface area contributed by atoms with Gasteiger partial charge in [0.1, 0.15) is 5.82 Å². The van der Waals surface area contributed by atoms with Crippen LogP contribution in [-0.4, -0.2) is 25.5 Å². The third-order valence-corrected chi connectivity index (χ3v) is 3.88. The lowest BCUT2D eigenvalue weighted by molar-refractivity contribution is 0.0561. The maximum atomic E-state index is 13.3. The molecule has 1 aromatic carbocycles. The highest BCUT2D eigenvalue weighted by atomic mass is 19.3. The number of halogens is 3. The first-order chi connectivity index (χ1) is 12.3. The minimum absolute atomic E-state index is 0.123. The van der Waals surface area contributed by atoms with Crippen LogP contribution in [0, 0.1) is 19.7 Å². The topological polar surface area (TPSA) is 64.7 Å². The van der Waals surface area contributed by atoms with Crippen molar-refractivity contribution in [1.29, 1.82) is 0 Å². The molecule has 26 heavy (non-hydrogen) atoms. The average Bonchev–Trinajstić information content (AvgIpc) is 3.17. The van der Waals surface area contributed by atoms with Crippen molar-refractivity contribution in [2.75, 3.05) is 5.32 Å². The zero-order valence-corrected chi connectivity index (χ0v) is 14.1. The Morgan fingerprint density at radius 2 is 2.00 bits per heavy atom. The van der Waals surface area contributed by atoms with Gasteiger partial charge in [-0.2, -0.15) is 19.0 Å². The lowest BCUT2D eigenvalue weighted by atomic mass is 10.2. The fourth-order valence-electron chi connectivity index (χ4n) is 2.59. The van der Waals surface area contributed by atoms with E-state index in [9.17, 15) is 18.0 Å². The molecule has 0 aliphatic carbocycles. The molecule has 0 aliphatic heterocycles. The van der Waals surface area contributed by atoms with Gasteiger partial charge in [0, 0.05) is 6.20 Å². The van der Waals surface area contributed by atoms with Crippen molar-refractivity contribution in [1.82, 2.24) is 19.6 Å². The zero-order chi connectivity index (χ0) is 18.8. The van der Waals surface area contributed by atoms with Crippen LogP contribution in [0.15, 0.2) is 36.5 Å². The van der Waals surface area contributed by atoms with Gasteiger partial charge in [-0.05, 0) is 37.6 Å². The summed E-state index contributed by atoms with van der Waals surface area (Å²) in [5, 5.41) is 10.5. The van der Waals surface area contributed by atoms with Crippen LogP contribution in [0.25, 0.3) is 0 Å². The smallest absolute Gasteiger partial charge is 0.317 e. The number of hydrogen-bond acceptors (Lipinski definition) is 3. The minimum atomic E-state index is -2.81. The maximum absolute atomic E-state index is 13.3. The number of rotatable bonds is 5. The number of carbonyl (C=O) groups excluding carboxylic acids is 1. The number of carbonyl (C=O) groups is 1. The van der Waals surface area contributed by atoms with Gasteiger partial charge >= 0.3 is 6.55 Å². The first-order valence-corrected chi connectivity index (χ1v) is 7.78. The Morgan fingerprint density at radius 1 is 1.23 bits per heavy atom. The molecule has 0 saturated carbocycles. The molecule has 2 aromatic heterocycles. The molecule has 0 spiro atoms. The van der Waals surface area contributed by atoms with E-state index in [-0.39, 0.29) is 11.5 Å². The van der Waals surface area contributed by atoms with Crippen molar-refractivity contribution in [2.24, 2.45) is 0 Å². The second kappa shape index (κ2) is 7.03. The molecule has 0 radical (unpaired) electrons. The van der Waals surface area contributed by atoms with Crippen LogP contribution in [-0.2, 0) is 6.54 Å². The van der Waals surface area contributed by atoms with E-state index in [2.05, 4.69) is 15.5 Å². The normalized spacial score (nSPS) is 11.2. The Morgan fingerprint density at radius 3 is 2.65 bits per heavy atom. The highest BCUT2D eigenvalue weighted by Gasteiger charge is 2.18. The van der Waals surface area contributed by atoms with Gasteiger partial charge in [0.15, 0.2) is 5.69 Å². The Kier molecular flexibility index (Phi) is 4.79. The summed E-state index contributed by atoms with van der Waals surface area (Å²) in [7, 11) is 0. The predicted molar refractivity (Wildman–Crippen MR) is 88.6 cm³/mol. The van der Waals surface area contributed by atoms with Gasteiger partial charge in [-0.1, -0.05) is 12.1 Å². The highest BCUT2D eigenvalue weighted by molar-refractivity contribution is 6.03. The number of aryl methyl sites for hydroxylation is 1. The van der Waals surface area contributed by atoms with Crippen LogP contribution < -0.4 is 5.32 Å². The number of benzene rings is 1. The molecule has 136 valence electrons. The monoisotopic (exact) mass is 363 g/mol. The predicted octanol–water partition coefficient (Wildman–Crippen LogP) is 3.53. The SMILES string of the molecule is Cc1nn(Cc2cccc(F)c2)c(C)c1NC(=O)c1ccn(C(F)F)n1. The number of anilines is 1. The summed E-state index contributed by atoms with van der Waals surface area (Å²) in [5.74, 6) is -0.951. The second-order valence-corrected chi connectivity index (χ2v) is 5.75. The summed E-state index contributed by atoms with van der Waals surface area (Å²) in [6.07, 6.45) is 1.03. The first kappa shape index (κ1) is 17.7. The maximum Gasteiger partial charge on any atom is 0.333 e. The molecule has 0 fully saturated rings. The first-order valence-electron chi connectivity index (χ1n) is 7.78. The van der Waals surface area contributed by atoms with Gasteiger partial charge in [-0.3, -0.25) is 9.48 Å². The quantitative estimate of drug-likeness (QED) is 0.754. The van der Waals surface area contributed by atoms with E-state index in [4.69, 9.17) is 0 Å². The molecule has 0 unspecified atom stereocenters. The second-order valence-electron chi connectivity index (χ2n) is 5.75. The van der Waals surface area contributed by atoms with E-state index >= 15 is 0 Å². The molecule has 2 heterocycles. The lowest BCUT2D eigenvalue weighted by Gasteiger charge is -2.07. The molecule has 3 rings (SSSR count). The Bertz CT molecular complexity index is 948. The van der Waals surface area contributed by atoms with Crippen molar-refractivity contribution >= 4 is 11.6 Å². The van der Waals surface area contributed by atoms with Crippen molar-refractivity contribution in [2.45, 2.75) is 26.9 Å². The fourth-order valence-corrected chi connectivity index (χ4v) is 2.59. The zero-order valence-electron chi connectivity index (χ0n) is 14.1. The number of nitrogens with one attached hydrogen (secondary N) is 1. The highest BCUT2D eigenvalue weighted by Crippen LogP contribution is 2.21. The standard InChI is InChI=1S/C17H16F3N5O/c1-10-15(21-16(26)14-6-7-24(23-14)17(19)20)11(2)25(22-10)9-12-4-3-5-13(18)8-12/h3-8,17H,9H2,1-2H3,(H,21,26). The van der Waals surface area contributed by atoms with E-state index in [0.717, 1.165) is 11.8 Å². The summed E-state index contributed by atoms with van der Waals surface area (Å²) in [4.78, 5) is 12.2. The van der Waals surface area contributed by atoms with Crippen molar-refractivity contribution in [3.8, 4) is 0 Å². The Hall–Kier alpha value is -3.10. The summed E-state index contributed by atoms with van der Waals surface area (Å²) >= 11 is 0. The number of aromatic nitrogens is 4. The lowest BCUT2D eigenvalue weighted by Crippen LogP contribution is -2.15. The third kappa shape index (κ3) is 3.61. The van der Waals surface area contributed by atoms with Crippen LogP contribution in [0.1, 0.15) is 34.0 Å². The van der Waals surface area contributed by atoms with Gasteiger partial charge < -0.3 is 5.32 Å². The van der Waals surface area contributed by atoms with Crippen LogP contribution >= 0.6 is 0 Å². The summed E-state index contributed by atoms with van der Waals surface area (Å²) in [5.41, 5.74) is 2.29. The van der Waals surface area contributed by atoms with Crippen molar-refractivity contribution in [3.63, 3.8) is 0 Å². The molecule has 3 aromatic rings. The average molecular weight is 363 g/mol. The van der Waals surface area contributed by atoms with E-state index in [0.29, 0.717) is 28.3 Å². The number of amides is 1. The molecular weight excluding hydrogens is 347 g/mol. The number of hydrogen-bond donors (Lipinski definition) is 1. The van der Waals surface area contributed by atoms with E-state index in [1.165, 1.54) is 18.2 Å². The molecule has 0 bridgehead atoms. The van der Waals surface area contributed by atoms with Gasteiger partial charge in [0.25, 0.3) is 5.91 Å². The van der Waals surface area contributed by atoms with Gasteiger partial charge in [0.2, 0.25) is 0 Å². The van der Waals surface area contributed by atoms with Gasteiger partial charge in [-0.15, -0.1) is 0 Å². The molecular formula is C17H16F3N5O. The molecule has 1 amide bonds. The summed E-state index contributed by atoms with van der Waals surface area (Å²) in [6, 6.07) is 7.36. The van der Waals surface area contributed by atoms with E-state index < -0.39 is 12.5 Å². The minimum Gasteiger partial charge on any atom is -0.317 e. The van der Waals surface area contributed by atoms with Gasteiger partial charge in [0.05, 0.1) is 23.6 Å². The van der Waals surface area contributed by atoms with Gasteiger partial charge in [-0.25, -0.2) is 9.07 Å². The van der Waals surface area contributed by atoms with Crippen LogP contribution in [0.4, 0.5) is 18.9 Å². The third-order valence-electron chi connectivity index (χ3n) is 3.88. The molecule has 0 aliphatic rings. The van der Waals surface area contributed by atoms with E-state index in [1.807, 2.05) is 0 Å². The molecule has 1 N–H and O–H groups in total. The Balaban J connectivity index is 1.80. The van der Waals surface area contributed by atoms with E-state index in [1.54, 1.807) is 30.7 Å². The van der Waals surface area contributed by atoms with Crippen LogP contribution in [0.3, 0.4) is 0 Å². The fraction of sp³-hybridized carbons (Fsp3) is 0.235. The van der Waals surface area contributed by atoms with Crippen molar-refractivity contribution in [3.05, 3.63) is 65.0 Å². The number of alkyl halides is 2. The molecule has 6 nitrogen and oxygen atoms in total. The van der Waals surface area contributed by atoms with Crippen LogP contribution in [0.2, 0.25) is 0 Å². The summed E-state index contributed by atoms with van der Waals surface area (Å²) < 4.78 is 40.5. The van der Waals surface area contributed by atoms with Crippen molar-refractivity contribution < 1.29 is 18.0 Å². The molecule has 9 heteroatoms. The molecule has 0 atom stereocenters. The number of nitrogens with zero attached hydrogens (tertiary/aromatic N) is 4.